The Labute approximate surface area is 85.7 Å². The summed E-state index contributed by atoms with van der Waals surface area (Å²) in [5.74, 6) is -0.0935. The number of halogens is 2. The lowest BCUT2D eigenvalue weighted by atomic mass is 10.00. The van der Waals surface area contributed by atoms with E-state index < -0.39 is 0 Å². The summed E-state index contributed by atoms with van der Waals surface area (Å²) >= 11 is 3.20. The van der Waals surface area contributed by atoms with E-state index in [1.54, 1.807) is 6.07 Å². The molecule has 0 amide bonds. The van der Waals surface area contributed by atoms with Crippen LogP contribution in [0.25, 0.3) is 0 Å². The van der Waals surface area contributed by atoms with Crippen LogP contribution in [0, 0.1) is 5.82 Å². The molecule has 1 nitrogen and oxygen atoms in total. The van der Waals surface area contributed by atoms with Gasteiger partial charge in [-0.3, -0.25) is 0 Å². The van der Waals surface area contributed by atoms with E-state index in [9.17, 15) is 4.39 Å². The van der Waals surface area contributed by atoms with Gasteiger partial charge in [-0.15, -0.1) is 0 Å². The monoisotopic (exact) mass is 243 g/mol. The molecule has 70 valence electrons. The van der Waals surface area contributed by atoms with Gasteiger partial charge in [-0.2, -0.15) is 0 Å². The Balaban J connectivity index is 2.48. The van der Waals surface area contributed by atoms with E-state index in [-0.39, 0.29) is 5.82 Å². The average molecular weight is 244 g/mol. The van der Waals surface area contributed by atoms with Crippen LogP contribution in [0.4, 0.5) is 4.39 Å². The highest BCUT2D eigenvalue weighted by atomic mass is 79.9. The van der Waals surface area contributed by atoms with Crippen LogP contribution in [0.2, 0.25) is 0 Å². The first-order valence-corrected chi connectivity index (χ1v) is 5.12. The zero-order chi connectivity index (χ0) is 9.42. The standard InChI is InChI=1S/C10H11BrFN/c1-13-5-4-7-2-3-9(11)10(12)8(7)6-13/h2-3H,4-6H2,1H3. The number of hydrogen-bond donors (Lipinski definition) is 0. The van der Waals surface area contributed by atoms with Crippen LogP contribution < -0.4 is 0 Å². The minimum Gasteiger partial charge on any atom is -0.302 e. The van der Waals surface area contributed by atoms with Crippen LogP contribution >= 0.6 is 15.9 Å². The lowest BCUT2D eigenvalue weighted by Crippen LogP contribution is -2.27. The van der Waals surface area contributed by atoms with Gasteiger partial charge in [0.25, 0.3) is 0 Å². The Hall–Kier alpha value is -0.410. The lowest BCUT2D eigenvalue weighted by Gasteiger charge is -2.25. The quantitative estimate of drug-likeness (QED) is 0.678. The first-order chi connectivity index (χ1) is 6.18. The predicted molar refractivity (Wildman–Crippen MR) is 54.1 cm³/mol. The lowest BCUT2D eigenvalue weighted by molar-refractivity contribution is 0.305. The highest BCUT2D eigenvalue weighted by Crippen LogP contribution is 2.26. The Morgan fingerprint density at radius 1 is 1.46 bits per heavy atom. The molecule has 0 N–H and O–H groups in total. The highest BCUT2D eigenvalue weighted by Gasteiger charge is 2.17. The van der Waals surface area contributed by atoms with Crippen molar-refractivity contribution in [1.82, 2.24) is 4.90 Å². The SMILES string of the molecule is CN1CCc2ccc(Br)c(F)c2C1. The second kappa shape index (κ2) is 3.39. The second-order valence-corrected chi connectivity index (χ2v) is 4.34. The smallest absolute Gasteiger partial charge is 0.142 e. The molecule has 13 heavy (non-hydrogen) atoms. The fourth-order valence-electron chi connectivity index (χ4n) is 1.70. The van der Waals surface area contributed by atoms with Gasteiger partial charge in [-0.25, -0.2) is 4.39 Å². The Morgan fingerprint density at radius 3 is 3.00 bits per heavy atom. The molecule has 0 saturated heterocycles. The zero-order valence-corrected chi connectivity index (χ0v) is 9.07. The van der Waals surface area contributed by atoms with Crippen molar-refractivity contribution in [3.8, 4) is 0 Å². The van der Waals surface area contributed by atoms with Crippen LogP contribution in [0.5, 0.6) is 0 Å². The molecule has 0 saturated carbocycles. The second-order valence-electron chi connectivity index (χ2n) is 3.49. The van der Waals surface area contributed by atoms with E-state index in [1.807, 2.05) is 13.1 Å². The third kappa shape index (κ3) is 1.63. The van der Waals surface area contributed by atoms with E-state index >= 15 is 0 Å². The highest BCUT2D eigenvalue weighted by molar-refractivity contribution is 9.10. The van der Waals surface area contributed by atoms with Crippen molar-refractivity contribution in [2.45, 2.75) is 13.0 Å². The molecular formula is C10H11BrFN. The topological polar surface area (TPSA) is 3.24 Å². The molecule has 0 aromatic heterocycles. The zero-order valence-electron chi connectivity index (χ0n) is 7.48. The van der Waals surface area contributed by atoms with Crippen molar-refractivity contribution < 1.29 is 4.39 Å². The summed E-state index contributed by atoms with van der Waals surface area (Å²) in [7, 11) is 2.02. The summed E-state index contributed by atoms with van der Waals surface area (Å²) in [6.07, 6.45) is 0.954. The molecule has 0 aliphatic carbocycles. The van der Waals surface area contributed by atoms with Crippen LogP contribution in [0.15, 0.2) is 16.6 Å². The van der Waals surface area contributed by atoms with Gasteiger partial charge in [0.1, 0.15) is 5.82 Å². The molecule has 3 heteroatoms. The minimum atomic E-state index is -0.0935. The van der Waals surface area contributed by atoms with Gasteiger partial charge in [-0.1, -0.05) is 6.07 Å². The first-order valence-electron chi connectivity index (χ1n) is 4.33. The molecular weight excluding hydrogens is 233 g/mol. The molecule has 0 unspecified atom stereocenters. The number of hydrogen-bond acceptors (Lipinski definition) is 1. The van der Waals surface area contributed by atoms with Crippen LogP contribution in [-0.2, 0) is 13.0 Å². The molecule has 1 aliphatic heterocycles. The van der Waals surface area contributed by atoms with Crippen LogP contribution in [0.3, 0.4) is 0 Å². The number of likely N-dealkylation sites (N-methyl/N-ethyl adjacent to an activating group) is 1. The number of nitrogens with zero attached hydrogens (tertiary/aromatic N) is 1. The van der Waals surface area contributed by atoms with Gasteiger partial charge < -0.3 is 4.90 Å². The van der Waals surface area contributed by atoms with E-state index in [2.05, 4.69) is 20.8 Å². The average Bonchev–Trinajstić information content (AvgIpc) is 2.12. The van der Waals surface area contributed by atoms with Crippen molar-refractivity contribution in [3.63, 3.8) is 0 Å². The van der Waals surface area contributed by atoms with Gasteiger partial charge in [0, 0.05) is 18.7 Å². The normalized spacial score (nSPS) is 17.2. The maximum atomic E-state index is 13.6. The largest absolute Gasteiger partial charge is 0.302 e. The summed E-state index contributed by atoms with van der Waals surface area (Å²) < 4.78 is 14.2. The summed E-state index contributed by atoms with van der Waals surface area (Å²) in [4.78, 5) is 2.14. The molecule has 0 fully saturated rings. The first kappa shape index (κ1) is 9.16. The molecule has 1 heterocycles. The maximum Gasteiger partial charge on any atom is 0.142 e. The van der Waals surface area contributed by atoms with Gasteiger partial charge >= 0.3 is 0 Å². The van der Waals surface area contributed by atoms with Crippen LogP contribution in [0.1, 0.15) is 11.1 Å². The molecule has 1 aromatic rings. The van der Waals surface area contributed by atoms with Crippen molar-refractivity contribution in [2.75, 3.05) is 13.6 Å². The van der Waals surface area contributed by atoms with Gasteiger partial charge in [0.2, 0.25) is 0 Å². The Bertz CT molecular complexity index is 338. The molecule has 0 atom stereocenters. The summed E-state index contributed by atoms with van der Waals surface area (Å²) in [5, 5.41) is 0. The molecule has 0 spiro atoms. The van der Waals surface area contributed by atoms with Gasteiger partial charge in [0.15, 0.2) is 0 Å². The number of rotatable bonds is 0. The molecule has 1 aromatic carbocycles. The Kier molecular flexibility index (Phi) is 2.39. The fraction of sp³-hybridized carbons (Fsp3) is 0.400. The van der Waals surface area contributed by atoms with Crippen molar-refractivity contribution in [3.05, 3.63) is 33.5 Å². The maximum absolute atomic E-state index is 13.6. The van der Waals surface area contributed by atoms with Crippen LogP contribution in [-0.4, -0.2) is 18.5 Å². The van der Waals surface area contributed by atoms with Gasteiger partial charge in [0.05, 0.1) is 4.47 Å². The predicted octanol–water partition coefficient (Wildman–Crippen LogP) is 2.58. The summed E-state index contributed by atoms with van der Waals surface area (Å²) in [6.45, 7) is 1.74. The molecule has 0 radical (unpaired) electrons. The third-order valence-corrected chi connectivity index (χ3v) is 3.10. The van der Waals surface area contributed by atoms with E-state index in [4.69, 9.17) is 0 Å². The van der Waals surface area contributed by atoms with Crippen molar-refractivity contribution in [2.24, 2.45) is 0 Å². The summed E-state index contributed by atoms with van der Waals surface area (Å²) in [6, 6.07) is 3.80. The van der Waals surface area contributed by atoms with Gasteiger partial charge in [-0.05, 0) is 41.0 Å². The van der Waals surface area contributed by atoms with Crippen molar-refractivity contribution in [1.29, 1.82) is 0 Å². The van der Waals surface area contributed by atoms with E-state index in [1.165, 1.54) is 0 Å². The number of fused-ring (bicyclic) bond motifs is 1. The summed E-state index contributed by atoms with van der Waals surface area (Å²) in [5.41, 5.74) is 2.00. The minimum absolute atomic E-state index is 0.0935. The third-order valence-electron chi connectivity index (χ3n) is 2.48. The van der Waals surface area contributed by atoms with E-state index in [0.29, 0.717) is 4.47 Å². The van der Waals surface area contributed by atoms with Crippen molar-refractivity contribution >= 4 is 15.9 Å². The molecule has 2 rings (SSSR count). The Morgan fingerprint density at radius 2 is 2.23 bits per heavy atom. The molecule has 0 bridgehead atoms. The fourth-order valence-corrected chi connectivity index (χ4v) is 2.07. The number of benzene rings is 1. The molecule has 1 aliphatic rings. The van der Waals surface area contributed by atoms with E-state index in [0.717, 1.165) is 30.6 Å².